The molecule has 1 radical (unpaired) electrons. The van der Waals surface area contributed by atoms with Crippen LogP contribution in [0.3, 0.4) is 0 Å². The molecule has 0 aliphatic rings. The van der Waals surface area contributed by atoms with E-state index in [4.69, 9.17) is 5.73 Å². The van der Waals surface area contributed by atoms with Crippen LogP contribution >= 0.6 is 0 Å². The second-order valence-electron chi connectivity index (χ2n) is 3.54. The zero-order chi connectivity index (χ0) is 13.4. The van der Waals surface area contributed by atoms with Gasteiger partial charge in [-0.1, -0.05) is 36.4 Å². The van der Waals surface area contributed by atoms with Crippen molar-refractivity contribution in [1.82, 2.24) is 11.1 Å². The van der Waals surface area contributed by atoms with Crippen molar-refractivity contribution < 1.29 is 14.3 Å². The molecule has 1 rings (SSSR count). The van der Waals surface area contributed by atoms with Gasteiger partial charge in [-0.15, -0.1) is 0 Å². The van der Waals surface area contributed by atoms with Crippen LogP contribution in [0.2, 0.25) is 0 Å². The van der Waals surface area contributed by atoms with Crippen LogP contribution in [0.1, 0.15) is 11.6 Å². The first kappa shape index (κ1) is 13.9. The molecule has 0 aromatic heterocycles. The van der Waals surface area contributed by atoms with Crippen molar-refractivity contribution in [3.8, 4) is 0 Å². The molecular formula is C13H15N2O3. The molecule has 0 aliphatic heterocycles. The second-order valence-corrected chi connectivity index (χ2v) is 3.54. The summed E-state index contributed by atoms with van der Waals surface area (Å²) in [6, 6.07) is 8.30. The van der Waals surface area contributed by atoms with E-state index in [0.717, 1.165) is 5.56 Å². The number of ether oxygens (including phenoxy) is 1. The van der Waals surface area contributed by atoms with E-state index in [9.17, 15) is 9.59 Å². The minimum absolute atomic E-state index is 0.305. The molecular weight excluding hydrogens is 232 g/mol. The highest BCUT2D eigenvalue weighted by molar-refractivity contribution is 5.82. The smallest absolute Gasteiger partial charge is 0.330 e. The lowest BCUT2D eigenvalue weighted by molar-refractivity contribution is -0.134. The van der Waals surface area contributed by atoms with Gasteiger partial charge in [0.2, 0.25) is 0 Å². The Morgan fingerprint density at radius 2 is 2.06 bits per heavy atom. The van der Waals surface area contributed by atoms with E-state index in [0.29, 0.717) is 6.54 Å². The third-order valence-corrected chi connectivity index (χ3v) is 2.29. The van der Waals surface area contributed by atoms with E-state index in [1.165, 1.54) is 13.2 Å². The predicted octanol–water partition coefficient (Wildman–Crippen LogP) is 0.856. The lowest BCUT2D eigenvalue weighted by Crippen LogP contribution is -2.29. The van der Waals surface area contributed by atoms with E-state index >= 15 is 0 Å². The molecule has 1 amide bonds. The van der Waals surface area contributed by atoms with E-state index < -0.39 is 17.9 Å². The van der Waals surface area contributed by atoms with Crippen molar-refractivity contribution in [2.24, 2.45) is 0 Å². The van der Waals surface area contributed by atoms with Gasteiger partial charge in [0.1, 0.15) is 6.04 Å². The summed E-state index contributed by atoms with van der Waals surface area (Å²) in [6.45, 7) is 0.305. The third kappa shape index (κ3) is 4.39. The number of hydrogen-bond donors (Lipinski definition) is 1. The van der Waals surface area contributed by atoms with Crippen LogP contribution < -0.4 is 11.1 Å². The molecule has 5 heteroatoms. The van der Waals surface area contributed by atoms with Crippen LogP contribution in [0.4, 0.5) is 0 Å². The molecule has 0 saturated carbocycles. The first-order valence-corrected chi connectivity index (χ1v) is 5.43. The lowest BCUT2D eigenvalue weighted by Gasteiger charge is -2.13. The van der Waals surface area contributed by atoms with E-state index in [1.807, 2.05) is 6.07 Å². The highest BCUT2D eigenvalue weighted by Gasteiger charge is 2.16. The SMILES string of the molecule is COC(=O)C=CCNC(C([NH])=O)c1ccccc1. The van der Waals surface area contributed by atoms with Crippen LogP contribution in [-0.2, 0) is 14.3 Å². The van der Waals surface area contributed by atoms with Crippen LogP contribution in [-0.4, -0.2) is 25.5 Å². The van der Waals surface area contributed by atoms with Crippen LogP contribution in [0, 0.1) is 0 Å². The largest absolute Gasteiger partial charge is 0.466 e. The molecule has 0 spiro atoms. The fourth-order valence-electron chi connectivity index (χ4n) is 1.42. The van der Waals surface area contributed by atoms with Gasteiger partial charge in [-0.3, -0.25) is 15.8 Å². The predicted molar refractivity (Wildman–Crippen MR) is 66.4 cm³/mol. The molecule has 0 bridgehead atoms. The van der Waals surface area contributed by atoms with Crippen LogP contribution in [0.25, 0.3) is 0 Å². The van der Waals surface area contributed by atoms with Gasteiger partial charge in [0.05, 0.1) is 7.11 Å². The van der Waals surface area contributed by atoms with Crippen molar-refractivity contribution in [2.45, 2.75) is 6.04 Å². The Balaban J connectivity index is 2.58. The van der Waals surface area contributed by atoms with Gasteiger partial charge >= 0.3 is 5.97 Å². The Morgan fingerprint density at radius 1 is 1.39 bits per heavy atom. The quantitative estimate of drug-likeness (QED) is 0.597. The number of rotatable bonds is 6. The first-order chi connectivity index (χ1) is 8.65. The maximum Gasteiger partial charge on any atom is 0.330 e. The minimum atomic E-state index is -0.715. The lowest BCUT2D eigenvalue weighted by atomic mass is 10.1. The monoisotopic (exact) mass is 247 g/mol. The fourth-order valence-corrected chi connectivity index (χ4v) is 1.42. The van der Waals surface area contributed by atoms with Gasteiger partial charge in [0.25, 0.3) is 5.91 Å². The third-order valence-electron chi connectivity index (χ3n) is 2.29. The Morgan fingerprint density at radius 3 is 2.61 bits per heavy atom. The van der Waals surface area contributed by atoms with Crippen LogP contribution in [0.15, 0.2) is 42.5 Å². The summed E-state index contributed by atoms with van der Waals surface area (Å²) >= 11 is 0. The molecule has 0 saturated heterocycles. The maximum atomic E-state index is 11.2. The molecule has 5 nitrogen and oxygen atoms in total. The topological polar surface area (TPSA) is 79.2 Å². The van der Waals surface area contributed by atoms with Gasteiger partial charge in [0.15, 0.2) is 0 Å². The number of methoxy groups -OCH3 is 1. The zero-order valence-corrected chi connectivity index (χ0v) is 10.1. The molecule has 1 aromatic rings. The average Bonchev–Trinajstić information content (AvgIpc) is 2.38. The highest BCUT2D eigenvalue weighted by atomic mass is 16.5. The summed E-state index contributed by atoms with van der Waals surface area (Å²) in [4.78, 5) is 22.0. The minimum Gasteiger partial charge on any atom is -0.466 e. The Kier molecular flexibility index (Phi) is 5.60. The fraction of sp³-hybridized carbons (Fsp3) is 0.231. The molecule has 1 unspecified atom stereocenters. The molecule has 18 heavy (non-hydrogen) atoms. The summed E-state index contributed by atoms with van der Waals surface area (Å²) in [6.07, 6.45) is 2.81. The molecule has 1 aromatic carbocycles. The number of benzene rings is 1. The number of hydrogen-bond acceptors (Lipinski definition) is 4. The standard InChI is InChI=1S/C13H15N2O3/c1-18-11(16)8-5-9-15-12(13(14)17)10-6-3-2-4-7-10/h2-8,12,14-15H,9H2,1H3. The van der Waals surface area contributed by atoms with Crippen molar-refractivity contribution in [3.63, 3.8) is 0 Å². The summed E-state index contributed by atoms with van der Waals surface area (Å²) in [5, 5.41) is 2.88. The number of esters is 1. The van der Waals surface area contributed by atoms with Crippen molar-refractivity contribution >= 4 is 11.9 Å². The summed E-state index contributed by atoms with van der Waals surface area (Å²) < 4.78 is 4.43. The number of carbonyl (C=O) groups excluding carboxylic acids is 2. The van der Waals surface area contributed by atoms with Gasteiger partial charge in [-0.05, 0) is 5.56 Å². The molecule has 0 heterocycles. The summed E-state index contributed by atoms with van der Waals surface area (Å²) in [5.74, 6) is -1.17. The van der Waals surface area contributed by atoms with Gasteiger partial charge < -0.3 is 4.74 Å². The van der Waals surface area contributed by atoms with Gasteiger partial charge in [0, 0.05) is 12.6 Å². The van der Waals surface area contributed by atoms with E-state index in [2.05, 4.69) is 10.1 Å². The highest BCUT2D eigenvalue weighted by Crippen LogP contribution is 2.11. The van der Waals surface area contributed by atoms with E-state index in [-0.39, 0.29) is 0 Å². The first-order valence-electron chi connectivity index (χ1n) is 5.43. The zero-order valence-electron chi connectivity index (χ0n) is 10.1. The Bertz CT molecular complexity index is 429. The van der Waals surface area contributed by atoms with Gasteiger partial charge in [-0.25, -0.2) is 4.79 Å². The Labute approximate surface area is 106 Å². The van der Waals surface area contributed by atoms with Crippen molar-refractivity contribution in [3.05, 3.63) is 48.0 Å². The molecule has 0 aliphatic carbocycles. The normalized spacial score (nSPS) is 12.3. The maximum absolute atomic E-state index is 11.2. The molecule has 2 N–H and O–H groups in total. The summed E-state index contributed by atoms with van der Waals surface area (Å²) in [5.41, 5.74) is 7.94. The summed E-state index contributed by atoms with van der Waals surface area (Å²) in [7, 11) is 1.29. The Hall–Kier alpha value is -2.14. The number of amides is 1. The van der Waals surface area contributed by atoms with Gasteiger partial charge in [-0.2, -0.15) is 0 Å². The van der Waals surface area contributed by atoms with Crippen LogP contribution in [0.5, 0.6) is 0 Å². The number of carbonyl (C=O) groups is 2. The second kappa shape index (κ2) is 7.24. The average molecular weight is 247 g/mol. The van der Waals surface area contributed by atoms with Crippen molar-refractivity contribution in [2.75, 3.05) is 13.7 Å². The number of nitrogens with one attached hydrogen (secondary N) is 2. The van der Waals surface area contributed by atoms with E-state index in [1.54, 1.807) is 30.3 Å². The van der Waals surface area contributed by atoms with Crippen molar-refractivity contribution in [1.29, 1.82) is 0 Å². The molecule has 95 valence electrons. The molecule has 1 atom stereocenters. The molecule has 0 fully saturated rings.